The maximum absolute atomic E-state index is 12.9. The third-order valence-electron chi connectivity index (χ3n) is 3.50. The highest BCUT2D eigenvalue weighted by molar-refractivity contribution is 5.16. The average Bonchev–Trinajstić information content (AvgIpc) is 3.00. The smallest absolute Gasteiger partial charge is 0.353 e. The number of rotatable bonds is 8. The fourth-order valence-electron chi connectivity index (χ4n) is 2.13. The van der Waals surface area contributed by atoms with Crippen molar-refractivity contribution in [2.45, 2.75) is 25.0 Å². The summed E-state index contributed by atoms with van der Waals surface area (Å²) in [6.07, 6.45) is 1.50. The van der Waals surface area contributed by atoms with Gasteiger partial charge in [0, 0.05) is 20.6 Å². The lowest BCUT2D eigenvalue weighted by molar-refractivity contribution is -0.212. The van der Waals surface area contributed by atoms with Gasteiger partial charge < -0.3 is 18.7 Å². The van der Waals surface area contributed by atoms with Crippen LogP contribution in [0.4, 0.5) is 4.39 Å². The molecular formula is C15H19FN2O4. The maximum Gasteiger partial charge on any atom is 0.353 e. The first-order valence-electron chi connectivity index (χ1n) is 6.82. The van der Waals surface area contributed by atoms with Crippen molar-refractivity contribution in [3.63, 3.8) is 0 Å². The van der Waals surface area contributed by atoms with Crippen LogP contribution >= 0.6 is 0 Å². The maximum atomic E-state index is 12.9. The molecule has 0 saturated heterocycles. The van der Waals surface area contributed by atoms with Gasteiger partial charge in [0.25, 0.3) is 0 Å². The molecule has 0 radical (unpaired) electrons. The van der Waals surface area contributed by atoms with E-state index < -0.39 is 5.79 Å². The molecule has 0 N–H and O–H groups in total. The number of methoxy groups -OCH3 is 3. The summed E-state index contributed by atoms with van der Waals surface area (Å²) in [4.78, 5) is 4.07. The van der Waals surface area contributed by atoms with E-state index in [1.807, 2.05) is 0 Å². The summed E-state index contributed by atoms with van der Waals surface area (Å²) in [7, 11) is 4.58. The van der Waals surface area contributed by atoms with Gasteiger partial charge in [-0.25, -0.2) is 4.39 Å². The van der Waals surface area contributed by atoms with Crippen molar-refractivity contribution in [1.82, 2.24) is 10.1 Å². The van der Waals surface area contributed by atoms with Crippen LogP contribution in [0.1, 0.15) is 17.9 Å². The van der Waals surface area contributed by atoms with E-state index in [0.29, 0.717) is 18.7 Å². The highest BCUT2D eigenvalue weighted by Crippen LogP contribution is 2.24. The second-order valence-corrected chi connectivity index (χ2v) is 4.80. The predicted octanol–water partition coefficient (Wildman–Crippen LogP) is 2.38. The summed E-state index contributed by atoms with van der Waals surface area (Å²) in [6.45, 7) is 0. The van der Waals surface area contributed by atoms with Crippen LogP contribution in [0.2, 0.25) is 0 Å². The molecule has 0 aliphatic rings. The molecule has 1 heterocycles. The molecule has 22 heavy (non-hydrogen) atoms. The molecule has 2 aromatic rings. The number of hydrogen-bond acceptors (Lipinski definition) is 6. The van der Waals surface area contributed by atoms with Crippen molar-refractivity contribution in [2.24, 2.45) is 0 Å². The molecule has 1 aromatic heterocycles. The van der Waals surface area contributed by atoms with Crippen LogP contribution in [-0.2, 0) is 22.3 Å². The Morgan fingerprint density at radius 2 is 1.82 bits per heavy atom. The minimum atomic E-state index is -0.897. The second kappa shape index (κ2) is 7.33. The molecule has 2 rings (SSSR count). The van der Waals surface area contributed by atoms with E-state index >= 15 is 0 Å². The van der Waals surface area contributed by atoms with E-state index in [2.05, 4.69) is 10.1 Å². The second-order valence-electron chi connectivity index (χ2n) is 4.80. The van der Waals surface area contributed by atoms with Crippen LogP contribution in [0.5, 0.6) is 6.01 Å². The van der Waals surface area contributed by atoms with Crippen molar-refractivity contribution >= 4 is 0 Å². The van der Waals surface area contributed by atoms with Crippen LogP contribution in [0.15, 0.2) is 28.8 Å². The lowest BCUT2D eigenvalue weighted by Gasteiger charge is -2.29. The van der Waals surface area contributed by atoms with E-state index in [-0.39, 0.29) is 18.2 Å². The molecule has 0 fully saturated rings. The molecule has 0 atom stereocenters. The fourth-order valence-corrected chi connectivity index (χ4v) is 2.13. The van der Waals surface area contributed by atoms with Gasteiger partial charge in [-0.3, -0.25) is 0 Å². The van der Waals surface area contributed by atoms with Gasteiger partial charge >= 0.3 is 6.01 Å². The number of nitrogens with zero attached hydrogens (tertiary/aromatic N) is 2. The van der Waals surface area contributed by atoms with Crippen LogP contribution in [0, 0.1) is 5.82 Å². The number of halogens is 1. The molecule has 0 amide bonds. The molecule has 0 bridgehead atoms. The Hall–Kier alpha value is -1.99. The van der Waals surface area contributed by atoms with E-state index in [4.69, 9.17) is 18.7 Å². The Morgan fingerprint density at radius 1 is 1.14 bits per heavy atom. The standard InChI is InChI=1S/C15H19FN2O4/c1-19-14-17-13(22-18-14)10-15(20-2,21-3)9-8-11-4-6-12(16)7-5-11/h4-7H,8-10H2,1-3H3. The molecular weight excluding hydrogens is 291 g/mol. The molecule has 0 aliphatic heterocycles. The number of aryl methyl sites for hydroxylation is 1. The highest BCUT2D eigenvalue weighted by Gasteiger charge is 2.32. The first kappa shape index (κ1) is 16.4. The van der Waals surface area contributed by atoms with Gasteiger partial charge in [-0.15, -0.1) is 0 Å². The van der Waals surface area contributed by atoms with E-state index in [0.717, 1.165) is 5.56 Å². The summed E-state index contributed by atoms with van der Waals surface area (Å²) < 4.78 is 33.9. The molecule has 1 aromatic carbocycles. The zero-order valence-corrected chi connectivity index (χ0v) is 12.8. The molecule has 120 valence electrons. The Morgan fingerprint density at radius 3 is 2.36 bits per heavy atom. The molecule has 6 nitrogen and oxygen atoms in total. The Labute approximate surface area is 128 Å². The van der Waals surface area contributed by atoms with Gasteiger partial charge in [-0.2, -0.15) is 4.98 Å². The van der Waals surface area contributed by atoms with Crippen molar-refractivity contribution in [3.05, 3.63) is 41.5 Å². The van der Waals surface area contributed by atoms with Gasteiger partial charge in [-0.1, -0.05) is 12.1 Å². The molecule has 0 saturated carbocycles. The normalized spacial score (nSPS) is 11.6. The molecule has 7 heteroatoms. The lowest BCUT2D eigenvalue weighted by atomic mass is 10.0. The van der Waals surface area contributed by atoms with Crippen LogP contribution in [-0.4, -0.2) is 37.3 Å². The number of benzene rings is 1. The topological polar surface area (TPSA) is 66.6 Å². The fraction of sp³-hybridized carbons (Fsp3) is 0.467. The van der Waals surface area contributed by atoms with Gasteiger partial charge in [0.15, 0.2) is 5.79 Å². The van der Waals surface area contributed by atoms with Crippen molar-refractivity contribution < 1.29 is 23.1 Å². The Bertz CT molecular complexity index is 581. The molecule has 0 spiro atoms. The van der Waals surface area contributed by atoms with E-state index in [1.54, 1.807) is 26.4 Å². The van der Waals surface area contributed by atoms with Crippen molar-refractivity contribution in [3.8, 4) is 6.01 Å². The lowest BCUT2D eigenvalue weighted by Crippen LogP contribution is -2.37. The van der Waals surface area contributed by atoms with Crippen LogP contribution < -0.4 is 4.74 Å². The van der Waals surface area contributed by atoms with Crippen LogP contribution in [0.25, 0.3) is 0 Å². The van der Waals surface area contributed by atoms with E-state index in [1.165, 1.54) is 19.2 Å². The quantitative estimate of drug-likeness (QED) is 0.697. The predicted molar refractivity (Wildman–Crippen MR) is 76.0 cm³/mol. The number of ether oxygens (including phenoxy) is 3. The summed E-state index contributed by atoms with van der Waals surface area (Å²) >= 11 is 0. The summed E-state index contributed by atoms with van der Waals surface area (Å²) in [5, 5.41) is 3.65. The minimum Gasteiger partial charge on any atom is -0.465 e. The molecule has 0 unspecified atom stereocenters. The first-order chi connectivity index (χ1) is 10.6. The van der Waals surface area contributed by atoms with Gasteiger partial charge in [-0.05, 0) is 29.3 Å². The van der Waals surface area contributed by atoms with Crippen molar-refractivity contribution in [1.29, 1.82) is 0 Å². The first-order valence-corrected chi connectivity index (χ1v) is 6.82. The zero-order valence-electron chi connectivity index (χ0n) is 12.8. The third-order valence-corrected chi connectivity index (χ3v) is 3.50. The zero-order chi connectivity index (χ0) is 16.0. The van der Waals surface area contributed by atoms with Gasteiger partial charge in [0.05, 0.1) is 13.5 Å². The number of hydrogen-bond donors (Lipinski definition) is 0. The van der Waals surface area contributed by atoms with Crippen molar-refractivity contribution in [2.75, 3.05) is 21.3 Å². The summed E-state index contributed by atoms with van der Waals surface area (Å²) in [6, 6.07) is 6.50. The van der Waals surface area contributed by atoms with Gasteiger partial charge in [0.2, 0.25) is 5.89 Å². The Balaban J connectivity index is 2.04. The minimum absolute atomic E-state index is 0.162. The average molecular weight is 310 g/mol. The Kier molecular flexibility index (Phi) is 5.46. The SMILES string of the molecule is COc1noc(CC(CCc2ccc(F)cc2)(OC)OC)n1. The molecule has 0 aliphatic carbocycles. The highest BCUT2D eigenvalue weighted by atomic mass is 19.1. The van der Waals surface area contributed by atoms with Gasteiger partial charge in [0.1, 0.15) is 5.82 Å². The number of aromatic nitrogens is 2. The van der Waals surface area contributed by atoms with E-state index in [9.17, 15) is 4.39 Å². The monoisotopic (exact) mass is 310 g/mol. The summed E-state index contributed by atoms with van der Waals surface area (Å²) in [5.74, 6) is -0.794. The largest absolute Gasteiger partial charge is 0.465 e. The van der Waals surface area contributed by atoms with Crippen LogP contribution in [0.3, 0.4) is 0 Å². The third kappa shape index (κ3) is 4.02. The summed E-state index contributed by atoms with van der Waals surface area (Å²) in [5.41, 5.74) is 0.989.